The van der Waals surface area contributed by atoms with Crippen LogP contribution in [-0.2, 0) is 0 Å². The fraction of sp³-hybridized carbons (Fsp3) is 0.333. The number of amides is 1. The quantitative estimate of drug-likeness (QED) is 0.928. The molecule has 0 aliphatic carbocycles. The molecule has 4 nitrogen and oxygen atoms in total. The van der Waals surface area contributed by atoms with E-state index in [9.17, 15) is 4.79 Å². The molecule has 0 radical (unpaired) electrons. The van der Waals surface area contributed by atoms with Gasteiger partial charge < -0.3 is 10.1 Å². The van der Waals surface area contributed by atoms with E-state index in [-0.39, 0.29) is 11.9 Å². The van der Waals surface area contributed by atoms with E-state index in [2.05, 4.69) is 21.2 Å². The van der Waals surface area contributed by atoms with Crippen LogP contribution in [0, 0.1) is 11.3 Å². The lowest BCUT2D eigenvalue weighted by Crippen LogP contribution is -2.32. The minimum atomic E-state index is -0.198. The van der Waals surface area contributed by atoms with E-state index in [4.69, 9.17) is 10.00 Å². The average molecular weight is 297 g/mol. The molecule has 0 aromatic heterocycles. The Hall–Kier alpha value is -1.54. The van der Waals surface area contributed by atoms with Crippen LogP contribution in [0.4, 0.5) is 0 Å². The third-order valence-corrected chi connectivity index (χ3v) is 2.81. The maximum atomic E-state index is 11.8. The molecular weight excluding hydrogens is 284 g/mol. The van der Waals surface area contributed by atoms with E-state index >= 15 is 0 Å². The molecular formula is C12H13BrN2O2. The second-order valence-corrected chi connectivity index (χ2v) is 4.44. The standard InChI is InChI=1S/C12H13BrN2O2/c1-8(5-6-14)15-12(16)9-3-4-11(17-2)10(13)7-9/h3-4,7-8H,5H2,1-2H3,(H,15,16). The Kier molecular flexibility index (Phi) is 4.98. The maximum Gasteiger partial charge on any atom is 0.251 e. The van der Waals surface area contributed by atoms with Crippen molar-refractivity contribution in [2.75, 3.05) is 7.11 Å². The monoisotopic (exact) mass is 296 g/mol. The Balaban J connectivity index is 2.77. The van der Waals surface area contributed by atoms with Gasteiger partial charge in [-0.25, -0.2) is 0 Å². The molecule has 0 spiro atoms. The smallest absolute Gasteiger partial charge is 0.251 e. The van der Waals surface area contributed by atoms with Crippen LogP contribution in [-0.4, -0.2) is 19.1 Å². The van der Waals surface area contributed by atoms with Crippen molar-refractivity contribution >= 4 is 21.8 Å². The van der Waals surface area contributed by atoms with Crippen molar-refractivity contribution in [1.29, 1.82) is 5.26 Å². The Bertz CT molecular complexity index is 454. The molecule has 0 aliphatic rings. The molecule has 1 aromatic rings. The van der Waals surface area contributed by atoms with Gasteiger partial charge in [-0.1, -0.05) is 0 Å². The lowest BCUT2D eigenvalue weighted by Gasteiger charge is -2.11. The van der Waals surface area contributed by atoms with E-state index in [1.165, 1.54) is 0 Å². The lowest BCUT2D eigenvalue weighted by atomic mass is 10.2. The van der Waals surface area contributed by atoms with Crippen molar-refractivity contribution in [1.82, 2.24) is 5.32 Å². The molecule has 90 valence electrons. The molecule has 1 unspecified atom stereocenters. The molecule has 0 fully saturated rings. The van der Waals surface area contributed by atoms with Crippen LogP contribution < -0.4 is 10.1 Å². The van der Waals surface area contributed by atoms with Gasteiger partial charge in [0.05, 0.1) is 24.1 Å². The number of nitrogens with zero attached hydrogens (tertiary/aromatic N) is 1. The van der Waals surface area contributed by atoms with Crippen LogP contribution in [0.2, 0.25) is 0 Å². The number of benzene rings is 1. The summed E-state index contributed by atoms with van der Waals surface area (Å²) in [7, 11) is 1.56. The SMILES string of the molecule is COc1ccc(C(=O)NC(C)CC#N)cc1Br. The highest BCUT2D eigenvalue weighted by Crippen LogP contribution is 2.25. The minimum absolute atomic E-state index is 0.159. The molecule has 1 atom stereocenters. The zero-order valence-electron chi connectivity index (χ0n) is 9.66. The third-order valence-electron chi connectivity index (χ3n) is 2.19. The molecule has 0 heterocycles. The van der Waals surface area contributed by atoms with E-state index in [0.717, 1.165) is 4.47 Å². The van der Waals surface area contributed by atoms with Crippen molar-refractivity contribution in [3.05, 3.63) is 28.2 Å². The number of halogens is 1. The Morgan fingerprint density at radius 3 is 2.88 bits per heavy atom. The van der Waals surface area contributed by atoms with Crippen LogP contribution in [0.15, 0.2) is 22.7 Å². The largest absolute Gasteiger partial charge is 0.496 e. The Morgan fingerprint density at radius 2 is 2.35 bits per heavy atom. The third kappa shape index (κ3) is 3.75. The van der Waals surface area contributed by atoms with Crippen LogP contribution in [0.5, 0.6) is 5.75 Å². The first kappa shape index (κ1) is 13.5. The number of carbonyl (C=O) groups is 1. The van der Waals surface area contributed by atoms with E-state index < -0.39 is 0 Å². The summed E-state index contributed by atoms with van der Waals surface area (Å²) in [4.78, 5) is 11.8. The van der Waals surface area contributed by atoms with Gasteiger partial charge in [-0.15, -0.1) is 0 Å². The first-order valence-electron chi connectivity index (χ1n) is 5.09. The summed E-state index contributed by atoms with van der Waals surface area (Å²) in [6.07, 6.45) is 0.295. The molecule has 1 amide bonds. The number of ether oxygens (including phenoxy) is 1. The molecule has 0 bridgehead atoms. The molecule has 5 heteroatoms. The van der Waals surface area contributed by atoms with Gasteiger partial charge in [0.2, 0.25) is 0 Å². The summed E-state index contributed by atoms with van der Waals surface area (Å²) in [5, 5.41) is 11.2. The topological polar surface area (TPSA) is 62.1 Å². The maximum absolute atomic E-state index is 11.8. The molecule has 0 saturated heterocycles. The zero-order valence-corrected chi connectivity index (χ0v) is 11.2. The van der Waals surface area contributed by atoms with Crippen LogP contribution in [0.3, 0.4) is 0 Å². The highest BCUT2D eigenvalue weighted by atomic mass is 79.9. The van der Waals surface area contributed by atoms with Gasteiger partial charge in [-0.05, 0) is 41.1 Å². The first-order chi connectivity index (χ1) is 8.08. The zero-order chi connectivity index (χ0) is 12.8. The molecule has 1 rings (SSSR count). The van der Waals surface area contributed by atoms with E-state index in [1.807, 2.05) is 6.07 Å². The number of nitriles is 1. The van der Waals surface area contributed by atoms with Gasteiger partial charge in [-0.3, -0.25) is 4.79 Å². The van der Waals surface area contributed by atoms with Gasteiger partial charge >= 0.3 is 0 Å². The van der Waals surface area contributed by atoms with Gasteiger partial charge in [0.25, 0.3) is 5.91 Å². The Labute approximate surface area is 109 Å². The van der Waals surface area contributed by atoms with E-state index in [0.29, 0.717) is 17.7 Å². The normalized spacial score (nSPS) is 11.4. The molecule has 0 saturated carbocycles. The second kappa shape index (κ2) is 6.26. The van der Waals surface area contributed by atoms with Crippen LogP contribution >= 0.6 is 15.9 Å². The van der Waals surface area contributed by atoms with Crippen LogP contribution in [0.25, 0.3) is 0 Å². The van der Waals surface area contributed by atoms with Crippen molar-refractivity contribution in [3.8, 4) is 11.8 Å². The van der Waals surface area contributed by atoms with Crippen molar-refractivity contribution in [2.45, 2.75) is 19.4 Å². The number of hydrogen-bond donors (Lipinski definition) is 1. The summed E-state index contributed by atoms with van der Waals surface area (Å²) in [5.41, 5.74) is 0.530. The van der Waals surface area contributed by atoms with Gasteiger partial charge in [0.1, 0.15) is 5.75 Å². The van der Waals surface area contributed by atoms with E-state index in [1.54, 1.807) is 32.2 Å². The molecule has 1 N–H and O–H groups in total. The van der Waals surface area contributed by atoms with Crippen molar-refractivity contribution < 1.29 is 9.53 Å². The fourth-order valence-electron chi connectivity index (χ4n) is 1.30. The highest BCUT2D eigenvalue weighted by Gasteiger charge is 2.11. The fourth-order valence-corrected chi connectivity index (χ4v) is 1.84. The number of methoxy groups -OCH3 is 1. The highest BCUT2D eigenvalue weighted by molar-refractivity contribution is 9.10. The predicted octanol–water partition coefficient (Wildman–Crippen LogP) is 2.49. The minimum Gasteiger partial charge on any atom is -0.496 e. The second-order valence-electron chi connectivity index (χ2n) is 3.59. The number of hydrogen-bond acceptors (Lipinski definition) is 3. The number of nitrogens with one attached hydrogen (secondary N) is 1. The van der Waals surface area contributed by atoms with Crippen molar-refractivity contribution in [3.63, 3.8) is 0 Å². The molecule has 1 aromatic carbocycles. The lowest BCUT2D eigenvalue weighted by molar-refractivity contribution is 0.0940. The number of rotatable bonds is 4. The number of carbonyl (C=O) groups excluding carboxylic acids is 1. The summed E-state index contributed by atoms with van der Waals surface area (Å²) in [6, 6.07) is 6.93. The molecule has 17 heavy (non-hydrogen) atoms. The predicted molar refractivity (Wildman–Crippen MR) is 67.9 cm³/mol. The van der Waals surface area contributed by atoms with Crippen molar-refractivity contribution in [2.24, 2.45) is 0 Å². The summed E-state index contributed by atoms with van der Waals surface area (Å²) >= 11 is 3.32. The van der Waals surface area contributed by atoms with Gasteiger partial charge in [-0.2, -0.15) is 5.26 Å². The molecule has 0 aliphatic heterocycles. The average Bonchev–Trinajstić information content (AvgIpc) is 2.29. The first-order valence-corrected chi connectivity index (χ1v) is 5.89. The Morgan fingerprint density at radius 1 is 1.65 bits per heavy atom. The van der Waals surface area contributed by atoms with Gasteiger partial charge in [0, 0.05) is 11.6 Å². The summed E-state index contributed by atoms with van der Waals surface area (Å²) < 4.78 is 5.80. The summed E-state index contributed by atoms with van der Waals surface area (Å²) in [6.45, 7) is 1.79. The summed E-state index contributed by atoms with van der Waals surface area (Å²) in [5.74, 6) is 0.475. The van der Waals surface area contributed by atoms with Crippen LogP contribution in [0.1, 0.15) is 23.7 Å². The van der Waals surface area contributed by atoms with Gasteiger partial charge in [0.15, 0.2) is 0 Å².